The Bertz CT molecular complexity index is 91.1. The second-order valence-electron chi connectivity index (χ2n) is 1.11. The zero-order valence-electron chi connectivity index (χ0n) is 3.89. The number of hydrogen-bond donors (Lipinski definition) is 1. The van der Waals surface area contributed by atoms with E-state index >= 15 is 0 Å². The van der Waals surface area contributed by atoms with Gasteiger partial charge in [0.1, 0.15) is 0 Å². The third-order valence-electron chi connectivity index (χ3n) is 0.492. The van der Waals surface area contributed by atoms with Gasteiger partial charge in [0.25, 0.3) is 0 Å². The average Bonchev–Trinajstić information content (AvgIpc) is 1.61. The summed E-state index contributed by atoms with van der Waals surface area (Å²) < 4.78 is 20.0. The van der Waals surface area contributed by atoms with Crippen LogP contribution in [0.5, 0.6) is 0 Å². The van der Waals surface area contributed by atoms with E-state index in [0.29, 0.717) is 17.4 Å². The molecule has 0 amide bonds. The normalized spacial score (nSPS) is 10.0. The first kappa shape index (κ1) is 7.29. The molecule has 44 valence electrons. The minimum absolute atomic E-state index is 0.320. The van der Waals surface area contributed by atoms with Crippen LogP contribution in [0.1, 0.15) is 6.42 Å². The Morgan fingerprint density at radius 3 is 2.14 bits per heavy atom. The summed E-state index contributed by atoms with van der Waals surface area (Å²) in [5, 5.41) is 0. The molecule has 0 saturated heterocycles. The summed E-state index contributed by atoms with van der Waals surface area (Å²) in [6.45, 7) is 0.485. The number of halogens is 1. The van der Waals surface area contributed by atoms with E-state index in [1.54, 1.807) is 0 Å². The lowest BCUT2D eigenvalue weighted by Gasteiger charge is -1.79. The summed E-state index contributed by atoms with van der Waals surface area (Å²) in [5.41, 5.74) is 5.02. The Hall–Kier alpha value is 0.290. The lowest BCUT2D eigenvalue weighted by Crippen LogP contribution is -1.98. The summed E-state index contributed by atoms with van der Waals surface area (Å²) in [6.07, 6.45) is 0.623. The quantitative estimate of drug-likeness (QED) is 0.554. The van der Waals surface area contributed by atoms with Crippen molar-refractivity contribution in [2.45, 2.75) is 6.42 Å². The van der Waals surface area contributed by atoms with Crippen LogP contribution in [0.25, 0.3) is 0 Å². The Morgan fingerprint density at radius 2 is 2.00 bits per heavy atom. The Kier molecular flexibility index (Phi) is 4.63. The maximum atomic E-state index is 9.83. The van der Waals surface area contributed by atoms with Gasteiger partial charge in [0.05, 0.1) is 4.43 Å². The summed E-state index contributed by atoms with van der Waals surface area (Å²) >= 11 is -2.91. The van der Waals surface area contributed by atoms with Crippen LogP contribution in [0.2, 0.25) is 0 Å². The number of rotatable bonds is 3. The molecule has 0 aromatic carbocycles. The van der Waals surface area contributed by atoms with E-state index < -0.39 is 19.8 Å². The molecule has 0 heterocycles. The topological polar surface area (TPSA) is 60.2 Å². The number of nitrogens with two attached hydrogens (primary N) is 1. The Labute approximate surface area is 49.4 Å². The molecule has 7 heavy (non-hydrogen) atoms. The van der Waals surface area contributed by atoms with Gasteiger partial charge in [-0.2, -0.15) is 0 Å². The van der Waals surface area contributed by atoms with Gasteiger partial charge in [-0.05, 0) is 13.0 Å². The highest BCUT2D eigenvalue weighted by Crippen LogP contribution is 2.03. The van der Waals surface area contributed by atoms with Gasteiger partial charge in [-0.15, -0.1) is 0 Å². The molecule has 2 N–H and O–H groups in total. The first-order valence-electron chi connectivity index (χ1n) is 1.98. The summed E-state index contributed by atoms with van der Waals surface area (Å²) in [4.78, 5) is 0. The Morgan fingerprint density at radius 1 is 1.43 bits per heavy atom. The summed E-state index contributed by atoms with van der Waals surface area (Å²) in [5.74, 6) is 0. The van der Waals surface area contributed by atoms with Crippen molar-refractivity contribution in [3.63, 3.8) is 0 Å². The molecular weight excluding hydrogens is 209 g/mol. The van der Waals surface area contributed by atoms with Gasteiger partial charge < -0.3 is 5.73 Å². The molecule has 0 spiro atoms. The van der Waals surface area contributed by atoms with E-state index in [1.807, 2.05) is 0 Å². The molecule has 0 atom stereocenters. The van der Waals surface area contributed by atoms with Gasteiger partial charge in [-0.25, -0.2) is 6.14 Å². The van der Waals surface area contributed by atoms with Crippen LogP contribution in [-0.2, 0) is 6.14 Å². The maximum Gasteiger partial charge on any atom is 0.307 e. The average molecular weight is 217 g/mol. The van der Waals surface area contributed by atoms with Crippen molar-refractivity contribution in [1.82, 2.24) is 0 Å². The van der Waals surface area contributed by atoms with Crippen molar-refractivity contribution >= 4 is 19.8 Å². The molecule has 0 fully saturated rings. The lowest BCUT2D eigenvalue weighted by atomic mass is 10.5. The van der Waals surface area contributed by atoms with E-state index in [9.17, 15) is 6.14 Å². The van der Waals surface area contributed by atoms with E-state index in [-0.39, 0.29) is 0 Å². The van der Waals surface area contributed by atoms with Gasteiger partial charge >= 0.3 is 19.8 Å². The van der Waals surface area contributed by atoms with Crippen LogP contribution >= 0.6 is 19.8 Å². The van der Waals surface area contributed by atoms with Crippen LogP contribution in [0.15, 0.2) is 0 Å². The van der Waals surface area contributed by atoms with Crippen molar-refractivity contribution in [2.75, 3.05) is 11.0 Å². The fourth-order valence-corrected chi connectivity index (χ4v) is 1.25. The van der Waals surface area contributed by atoms with Gasteiger partial charge in [0, 0.05) is 0 Å². The molecule has 0 saturated carbocycles. The minimum atomic E-state index is -2.91. The molecular formula is C3H8INO2. The van der Waals surface area contributed by atoms with Crippen LogP contribution in [0, 0.1) is 0 Å². The highest BCUT2D eigenvalue weighted by molar-refractivity contribution is 14.2. The zero-order valence-corrected chi connectivity index (χ0v) is 6.05. The monoisotopic (exact) mass is 217 g/mol. The lowest BCUT2D eigenvalue weighted by molar-refractivity contribution is 0.609. The second-order valence-corrected chi connectivity index (χ2v) is 3.80. The van der Waals surface area contributed by atoms with E-state index in [2.05, 4.69) is 0 Å². The van der Waals surface area contributed by atoms with Gasteiger partial charge in [-0.1, -0.05) is 0 Å². The molecule has 4 heteroatoms. The van der Waals surface area contributed by atoms with Crippen LogP contribution in [-0.4, -0.2) is 11.0 Å². The minimum Gasteiger partial charge on any atom is -0.330 e. The molecule has 0 aliphatic rings. The van der Waals surface area contributed by atoms with Crippen molar-refractivity contribution in [3.05, 3.63) is 0 Å². The summed E-state index contributed by atoms with van der Waals surface area (Å²) in [6, 6.07) is 0. The number of hydrogen-bond acceptors (Lipinski definition) is 3. The summed E-state index contributed by atoms with van der Waals surface area (Å²) in [7, 11) is 0. The molecule has 0 unspecified atom stereocenters. The molecule has 0 aliphatic carbocycles. The molecule has 0 aromatic rings. The van der Waals surface area contributed by atoms with Gasteiger partial charge in [0.15, 0.2) is 0 Å². The van der Waals surface area contributed by atoms with Crippen molar-refractivity contribution < 1.29 is 6.14 Å². The van der Waals surface area contributed by atoms with E-state index in [0.717, 1.165) is 0 Å². The zero-order chi connectivity index (χ0) is 5.70. The predicted molar refractivity (Wildman–Crippen MR) is 33.9 cm³/mol. The van der Waals surface area contributed by atoms with Gasteiger partial charge in [0.2, 0.25) is 0 Å². The molecule has 0 aliphatic heterocycles. The third-order valence-corrected chi connectivity index (χ3v) is 2.14. The Balaban J connectivity index is 2.98. The van der Waals surface area contributed by atoms with Crippen molar-refractivity contribution in [1.29, 1.82) is 0 Å². The predicted octanol–water partition coefficient (Wildman–Crippen LogP) is 0.533. The van der Waals surface area contributed by atoms with Crippen molar-refractivity contribution in [2.24, 2.45) is 5.73 Å². The van der Waals surface area contributed by atoms with E-state index in [1.165, 1.54) is 0 Å². The number of alkyl halides is 1. The highest BCUT2D eigenvalue weighted by atomic mass is 127. The fraction of sp³-hybridized carbons (Fsp3) is 1.00. The van der Waals surface area contributed by atoms with Crippen LogP contribution in [0.3, 0.4) is 0 Å². The third kappa shape index (κ3) is 6.29. The smallest absolute Gasteiger partial charge is 0.307 e. The highest BCUT2D eigenvalue weighted by Gasteiger charge is 1.86. The SMILES string of the molecule is NCCCI(=O)=O. The molecule has 0 radical (unpaired) electrons. The van der Waals surface area contributed by atoms with Gasteiger partial charge in [-0.3, -0.25) is 0 Å². The van der Waals surface area contributed by atoms with Crippen LogP contribution in [0.4, 0.5) is 0 Å². The van der Waals surface area contributed by atoms with Crippen molar-refractivity contribution in [3.8, 4) is 0 Å². The molecule has 0 bridgehead atoms. The second kappa shape index (κ2) is 4.45. The first-order valence-corrected chi connectivity index (χ1v) is 5.27. The fourth-order valence-electron chi connectivity index (χ4n) is 0.186. The first-order chi connectivity index (χ1) is 3.27. The molecule has 3 nitrogen and oxygen atoms in total. The maximum absolute atomic E-state index is 9.83. The molecule has 0 aromatic heterocycles. The molecule has 0 rings (SSSR count). The largest absolute Gasteiger partial charge is 0.330 e. The van der Waals surface area contributed by atoms with Crippen LogP contribution < -0.4 is 5.73 Å². The van der Waals surface area contributed by atoms with E-state index in [4.69, 9.17) is 5.73 Å². The standard InChI is InChI=1S/C3H8INO2/c5-3-1-2-4(6)7/h1-3,5H2.